The highest BCUT2D eigenvalue weighted by molar-refractivity contribution is 9.11. The molecule has 1 aromatic heterocycles. The minimum Gasteiger partial charge on any atom is -0.506 e. The van der Waals surface area contributed by atoms with Gasteiger partial charge in [0.15, 0.2) is 0 Å². The predicted octanol–water partition coefficient (Wildman–Crippen LogP) is 3.35. The highest BCUT2D eigenvalue weighted by Gasteiger charge is 2.17. The molecule has 0 aliphatic rings. The fraction of sp³-hybridized carbons (Fsp3) is 0.100. The Kier molecular flexibility index (Phi) is 3.23. The first-order chi connectivity index (χ1) is 7.49. The van der Waals surface area contributed by atoms with Crippen molar-refractivity contribution in [1.82, 2.24) is 0 Å². The molecular weight excluding hydrogens is 356 g/mol. The molecule has 1 heterocycles. The van der Waals surface area contributed by atoms with E-state index in [9.17, 15) is 5.11 Å². The maximum absolute atomic E-state index is 9.99. The number of aromatic amines is 1. The average molecular weight is 365 g/mol. The lowest BCUT2D eigenvalue weighted by Gasteiger charge is -2.04. The van der Waals surface area contributed by atoms with Crippen molar-refractivity contribution in [2.24, 2.45) is 0 Å². The topological polar surface area (TPSA) is 60.4 Å². The minimum atomic E-state index is 0.209. The van der Waals surface area contributed by atoms with E-state index in [2.05, 4.69) is 36.8 Å². The number of aryl methyl sites for hydroxylation is 1. The van der Waals surface area contributed by atoms with Gasteiger partial charge in [-0.05, 0) is 35.0 Å². The molecule has 0 unspecified atom stereocenters. The largest absolute Gasteiger partial charge is 0.506 e. The maximum Gasteiger partial charge on any atom is 0.330 e. The Morgan fingerprint density at radius 3 is 2.62 bits per heavy atom. The smallest absolute Gasteiger partial charge is 0.330 e. The van der Waals surface area contributed by atoms with Crippen molar-refractivity contribution in [3.63, 3.8) is 0 Å². The predicted molar refractivity (Wildman–Crippen MR) is 72.5 cm³/mol. The number of rotatable bonds is 1. The normalized spacial score (nSPS) is 10.7. The number of phenolic OH excluding ortho intramolecular Hbond substituents is 1. The summed E-state index contributed by atoms with van der Waals surface area (Å²) >= 11 is 8.16. The Balaban J connectivity index is 2.68. The summed E-state index contributed by atoms with van der Waals surface area (Å²) in [6.07, 6.45) is 0. The number of nitrogen functional groups attached to an aromatic ring is 1. The summed E-state index contributed by atoms with van der Waals surface area (Å²) in [6.45, 7) is 1.96. The zero-order valence-corrected chi connectivity index (χ0v) is 12.3. The number of nitrogens with two attached hydrogens (primary N) is 1. The first kappa shape index (κ1) is 11.9. The second-order valence-electron chi connectivity index (χ2n) is 3.31. The number of halogens is 2. The van der Waals surface area contributed by atoms with Crippen molar-refractivity contribution in [1.29, 1.82) is 0 Å². The minimum absolute atomic E-state index is 0.209. The molecular formula is C10H9Br2N2OS+. The van der Waals surface area contributed by atoms with Gasteiger partial charge in [0, 0.05) is 4.47 Å². The van der Waals surface area contributed by atoms with Gasteiger partial charge in [0.2, 0.25) is 0 Å². The molecule has 4 N–H and O–H groups in total. The summed E-state index contributed by atoms with van der Waals surface area (Å²) in [5.41, 5.74) is 7.28. The number of nitrogens with one attached hydrogen (secondary N) is 1. The van der Waals surface area contributed by atoms with Gasteiger partial charge in [-0.2, -0.15) is 0 Å². The second-order valence-corrected chi connectivity index (χ2v) is 6.33. The fourth-order valence-electron chi connectivity index (χ4n) is 1.47. The van der Waals surface area contributed by atoms with E-state index in [-0.39, 0.29) is 5.75 Å². The molecule has 84 valence electrons. The first-order valence-electron chi connectivity index (χ1n) is 4.45. The molecule has 0 bridgehead atoms. The molecule has 0 radical (unpaired) electrons. The summed E-state index contributed by atoms with van der Waals surface area (Å²) in [5, 5.41) is 10.6. The van der Waals surface area contributed by atoms with Gasteiger partial charge in [-0.1, -0.05) is 27.3 Å². The van der Waals surface area contributed by atoms with Crippen molar-refractivity contribution in [2.75, 3.05) is 5.73 Å². The monoisotopic (exact) mass is 363 g/mol. The summed E-state index contributed by atoms with van der Waals surface area (Å²) in [5.74, 6) is 0.209. The number of hydrogen-bond acceptors (Lipinski definition) is 3. The Morgan fingerprint density at radius 2 is 2.06 bits per heavy atom. The third-order valence-electron chi connectivity index (χ3n) is 2.16. The van der Waals surface area contributed by atoms with Crippen molar-refractivity contribution in [2.45, 2.75) is 6.92 Å². The van der Waals surface area contributed by atoms with Crippen LogP contribution in [-0.2, 0) is 0 Å². The summed E-state index contributed by atoms with van der Waals surface area (Å²) in [6, 6.07) is 3.65. The second kappa shape index (κ2) is 4.35. The van der Waals surface area contributed by atoms with Gasteiger partial charge >= 0.3 is 5.13 Å². The highest BCUT2D eigenvalue weighted by atomic mass is 79.9. The van der Waals surface area contributed by atoms with E-state index < -0.39 is 0 Å². The van der Waals surface area contributed by atoms with Crippen LogP contribution >= 0.6 is 43.2 Å². The van der Waals surface area contributed by atoms with Crippen molar-refractivity contribution >= 4 is 48.3 Å². The Labute approximate surface area is 114 Å². The molecule has 3 nitrogen and oxygen atoms in total. The van der Waals surface area contributed by atoms with Crippen LogP contribution in [0.3, 0.4) is 0 Å². The van der Waals surface area contributed by atoms with Gasteiger partial charge in [-0.25, -0.2) is 4.98 Å². The number of aromatic hydroxyl groups is 1. The fourth-order valence-corrected chi connectivity index (χ4v) is 3.44. The molecule has 0 spiro atoms. The van der Waals surface area contributed by atoms with Crippen LogP contribution in [0.25, 0.3) is 11.3 Å². The number of phenols is 1. The van der Waals surface area contributed by atoms with Gasteiger partial charge in [0.1, 0.15) is 11.4 Å². The number of anilines is 1. The number of aromatic nitrogens is 1. The lowest BCUT2D eigenvalue weighted by atomic mass is 10.1. The van der Waals surface area contributed by atoms with Crippen LogP contribution in [0.15, 0.2) is 21.1 Å². The van der Waals surface area contributed by atoms with Gasteiger partial charge in [-0.15, -0.1) is 0 Å². The van der Waals surface area contributed by atoms with Crippen LogP contribution < -0.4 is 10.7 Å². The van der Waals surface area contributed by atoms with E-state index in [4.69, 9.17) is 5.73 Å². The number of H-pyrrole nitrogens is 1. The van der Waals surface area contributed by atoms with E-state index in [1.165, 1.54) is 11.3 Å². The lowest BCUT2D eigenvalue weighted by molar-refractivity contribution is -0.341. The van der Waals surface area contributed by atoms with E-state index in [0.29, 0.717) is 9.60 Å². The molecule has 0 saturated heterocycles. The summed E-state index contributed by atoms with van der Waals surface area (Å²) in [4.78, 5) is 4.09. The van der Waals surface area contributed by atoms with Gasteiger partial charge in [0.05, 0.1) is 14.9 Å². The maximum atomic E-state index is 9.99. The van der Waals surface area contributed by atoms with E-state index in [0.717, 1.165) is 20.6 Å². The van der Waals surface area contributed by atoms with Crippen LogP contribution in [0.2, 0.25) is 0 Å². The molecule has 1 aromatic carbocycles. The third-order valence-corrected chi connectivity index (χ3v) is 4.06. The van der Waals surface area contributed by atoms with Crippen LogP contribution in [-0.4, -0.2) is 5.11 Å². The van der Waals surface area contributed by atoms with E-state index >= 15 is 0 Å². The average Bonchev–Trinajstić information content (AvgIpc) is 2.51. The van der Waals surface area contributed by atoms with Gasteiger partial charge in [-0.3, -0.25) is 5.73 Å². The zero-order valence-electron chi connectivity index (χ0n) is 8.34. The lowest BCUT2D eigenvalue weighted by Crippen LogP contribution is -2.07. The van der Waals surface area contributed by atoms with Crippen molar-refractivity contribution in [3.05, 3.63) is 26.0 Å². The van der Waals surface area contributed by atoms with Crippen LogP contribution in [0.1, 0.15) is 4.88 Å². The third kappa shape index (κ3) is 2.09. The molecule has 6 heteroatoms. The molecule has 0 aliphatic carbocycles. The summed E-state index contributed by atoms with van der Waals surface area (Å²) in [7, 11) is 0. The van der Waals surface area contributed by atoms with Crippen LogP contribution in [0, 0.1) is 6.92 Å². The highest BCUT2D eigenvalue weighted by Crippen LogP contribution is 2.39. The Bertz CT molecular complexity index is 554. The van der Waals surface area contributed by atoms with Crippen molar-refractivity contribution < 1.29 is 10.1 Å². The number of hydrogen-bond donors (Lipinski definition) is 2. The Morgan fingerprint density at radius 1 is 1.38 bits per heavy atom. The van der Waals surface area contributed by atoms with E-state index in [1.807, 2.05) is 13.0 Å². The summed E-state index contributed by atoms with van der Waals surface area (Å²) < 4.78 is 1.54. The quantitative estimate of drug-likeness (QED) is 0.815. The van der Waals surface area contributed by atoms with Crippen LogP contribution in [0.5, 0.6) is 5.75 Å². The zero-order chi connectivity index (χ0) is 11.9. The van der Waals surface area contributed by atoms with Gasteiger partial charge < -0.3 is 5.11 Å². The number of thiazole rings is 1. The molecule has 0 aliphatic heterocycles. The SMILES string of the molecule is Cc1sc(N)[nH+]c1-c1cc(Br)cc(Br)c1O. The molecule has 0 amide bonds. The van der Waals surface area contributed by atoms with Gasteiger partial charge in [0.25, 0.3) is 0 Å². The van der Waals surface area contributed by atoms with E-state index in [1.54, 1.807) is 6.07 Å². The molecule has 16 heavy (non-hydrogen) atoms. The standard InChI is InChI=1S/C10H8Br2N2OS/c1-4-8(14-10(13)16-4)6-2-5(11)3-7(12)9(6)15/h2-3,15H,1H3,(H2,13,14)/p+1. The molecule has 2 aromatic rings. The molecule has 0 fully saturated rings. The number of benzene rings is 1. The first-order valence-corrected chi connectivity index (χ1v) is 6.86. The Hall–Kier alpha value is -0.590. The van der Waals surface area contributed by atoms with Crippen molar-refractivity contribution in [3.8, 4) is 17.0 Å². The molecule has 0 atom stereocenters. The molecule has 2 rings (SSSR count). The molecule has 0 saturated carbocycles. The van der Waals surface area contributed by atoms with Crippen LogP contribution in [0.4, 0.5) is 5.13 Å².